The summed E-state index contributed by atoms with van der Waals surface area (Å²) in [6.45, 7) is 4.69. The van der Waals surface area contributed by atoms with Crippen LogP contribution in [-0.4, -0.2) is 23.3 Å². The summed E-state index contributed by atoms with van der Waals surface area (Å²) in [7, 11) is 0. The van der Waals surface area contributed by atoms with E-state index in [9.17, 15) is 9.59 Å². The Balaban J connectivity index is 1.38. The minimum absolute atomic E-state index is 0.0513. The van der Waals surface area contributed by atoms with Crippen molar-refractivity contribution in [3.63, 3.8) is 0 Å². The maximum atomic E-state index is 13.1. The van der Waals surface area contributed by atoms with Crippen molar-refractivity contribution in [2.45, 2.75) is 39.5 Å². The van der Waals surface area contributed by atoms with Gasteiger partial charge in [-0.25, -0.2) is 4.98 Å². The molecule has 2 aliphatic rings. The van der Waals surface area contributed by atoms with Crippen molar-refractivity contribution in [2.75, 3.05) is 16.8 Å². The maximum absolute atomic E-state index is 13.1. The number of nitrogens with one attached hydrogen (secondary N) is 1. The first-order chi connectivity index (χ1) is 15.0. The largest absolute Gasteiger partial charge is 0.308 e. The van der Waals surface area contributed by atoms with Crippen LogP contribution >= 0.6 is 11.3 Å². The number of aryl methyl sites for hydroxylation is 2. The van der Waals surface area contributed by atoms with Gasteiger partial charge in [0.25, 0.3) is 5.91 Å². The van der Waals surface area contributed by atoms with E-state index in [4.69, 9.17) is 4.98 Å². The highest BCUT2D eigenvalue weighted by atomic mass is 32.1. The molecule has 1 N–H and O–H groups in total. The molecule has 2 aromatic carbocycles. The van der Waals surface area contributed by atoms with Crippen LogP contribution in [0.15, 0.2) is 42.5 Å². The second-order valence-corrected chi connectivity index (χ2v) is 9.61. The number of carbonyl (C=O) groups excluding carboxylic acids is 2. The summed E-state index contributed by atoms with van der Waals surface area (Å²) < 4.78 is 0. The summed E-state index contributed by atoms with van der Waals surface area (Å²) in [6, 6.07) is 13.9. The zero-order valence-corrected chi connectivity index (χ0v) is 18.6. The Morgan fingerprint density at radius 1 is 1.13 bits per heavy atom. The molecule has 0 unspecified atom stereocenters. The second kappa shape index (κ2) is 7.93. The van der Waals surface area contributed by atoms with Crippen molar-refractivity contribution in [1.82, 2.24) is 4.98 Å². The summed E-state index contributed by atoms with van der Waals surface area (Å²) in [6.07, 6.45) is 3.92. The minimum Gasteiger partial charge on any atom is -0.308 e. The zero-order valence-electron chi connectivity index (χ0n) is 17.8. The summed E-state index contributed by atoms with van der Waals surface area (Å²) in [5.41, 5.74) is 5.81. The molecule has 5 nitrogen and oxygen atoms in total. The van der Waals surface area contributed by atoms with Gasteiger partial charge in [-0.05, 0) is 62.4 Å². The lowest BCUT2D eigenvalue weighted by atomic mass is 9.85. The van der Waals surface area contributed by atoms with Gasteiger partial charge in [0, 0.05) is 34.2 Å². The standard InChI is InChI=1S/C25H25N3O2S/c1-15-6-3-4-9-20(15)24(30)28-13-12-18-14-19(10-11-21(18)28)22-16(2)31-25(26-22)27-23(29)17-7-5-8-17/h3-4,6,9-11,14,17H,5,7-8,12-13H2,1-2H3,(H,26,27,29). The zero-order chi connectivity index (χ0) is 21.5. The maximum Gasteiger partial charge on any atom is 0.258 e. The smallest absolute Gasteiger partial charge is 0.258 e. The molecule has 1 aliphatic heterocycles. The van der Waals surface area contributed by atoms with Crippen molar-refractivity contribution in [2.24, 2.45) is 5.92 Å². The molecule has 3 aromatic rings. The third kappa shape index (κ3) is 3.65. The molecule has 2 heterocycles. The van der Waals surface area contributed by atoms with Gasteiger partial charge in [0.15, 0.2) is 5.13 Å². The molecule has 6 heteroatoms. The predicted octanol–water partition coefficient (Wildman–Crippen LogP) is 5.37. The number of hydrogen-bond donors (Lipinski definition) is 1. The van der Waals surface area contributed by atoms with Crippen LogP contribution in [-0.2, 0) is 11.2 Å². The molecular weight excluding hydrogens is 406 g/mol. The molecule has 2 amide bonds. The molecule has 0 saturated heterocycles. The Morgan fingerprint density at radius 3 is 2.68 bits per heavy atom. The normalized spacial score (nSPS) is 15.5. The number of anilines is 2. The van der Waals surface area contributed by atoms with Gasteiger partial charge in [0.05, 0.1) is 5.69 Å². The van der Waals surface area contributed by atoms with E-state index >= 15 is 0 Å². The topological polar surface area (TPSA) is 62.3 Å². The van der Waals surface area contributed by atoms with Crippen molar-refractivity contribution in [3.8, 4) is 11.3 Å². The number of benzene rings is 2. The predicted molar refractivity (Wildman–Crippen MR) is 125 cm³/mol. The van der Waals surface area contributed by atoms with E-state index in [2.05, 4.69) is 11.4 Å². The van der Waals surface area contributed by atoms with E-state index in [1.54, 1.807) is 0 Å². The Morgan fingerprint density at radius 2 is 1.94 bits per heavy atom. The van der Waals surface area contributed by atoms with E-state index in [1.807, 2.05) is 55.1 Å². The number of carbonyl (C=O) groups is 2. The van der Waals surface area contributed by atoms with Gasteiger partial charge in [-0.15, -0.1) is 11.3 Å². The molecular formula is C25H25N3O2S. The highest BCUT2D eigenvalue weighted by molar-refractivity contribution is 7.16. The van der Waals surface area contributed by atoms with Crippen LogP contribution in [0.2, 0.25) is 0 Å². The highest BCUT2D eigenvalue weighted by Gasteiger charge is 2.28. The van der Waals surface area contributed by atoms with Crippen LogP contribution in [0, 0.1) is 19.8 Å². The fraction of sp³-hybridized carbons (Fsp3) is 0.320. The molecule has 0 atom stereocenters. The average molecular weight is 432 g/mol. The quantitative estimate of drug-likeness (QED) is 0.604. The highest BCUT2D eigenvalue weighted by Crippen LogP contribution is 2.37. The third-order valence-electron chi connectivity index (χ3n) is 6.37. The SMILES string of the molecule is Cc1ccccc1C(=O)N1CCc2cc(-c3nc(NC(=O)C4CCC4)sc3C)ccc21. The van der Waals surface area contributed by atoms with Gasteiger partial charge < -0.3 is 10.2 Å². The lowest BCUT2D eigenvalue weighted by molar-refractivity contribution is -0.122. The summed E-state index contributed by atoms with van der Waals surface area (Å²) in [5, 5.41) is 3.66. The number of thiazole rings is 1. The number of nitrogens with zero attached hydrogens (tertiary/aromatic N) is 2. The van der Waals surface area contributed by atoms with Crippen LogP contribution in [0.3, 0.4) is 0 Å². The van der Waals surface area contributed by atoms with Gasteiger partial charge >= 0.3 is 0 Å². The molecule has 31 heavy (non-hydrogen) atoms. The van der Waals surface area contributed by atoms with Gasteiger partial charge in [0.1, 0.15) is 0 Å². The van der Waals surface area contributed by atoms with Gasteiger partial charge in [-0.2, -0.15) is 0 Å². The lowest BCUT2D eigenvalue weighted by Crippen LogP contribution is -2.29. The third-order valence-corrected chi connectivity index (χ3v) is 7.26. The second-order valence-electron chi connectivity index (χ2n) is 8.41. The summed E-state index contributed by atoms with van der Waals surface area (Å²) >= 11 is 1.52. The number of aromatic nitrogens is 1. The molecule has 1 aliphatic carbocycles. The fourth-order valence-electron chi connectivity index (χ4n) is 4.31. The van der Waals surface area contributed by atoms with Gasteiger partial charge in [0.2, 0.25) is 5.91 Å². The number of amides is 2. The van der Waals surface area contributed by atoms with E-state index in [1.165, 1.54) is 11.3 Å². The Hall–Kier alpha value is -2.99. The van der Waals surface area contributed by atoms with Crippen molar-refractivity contribution >= 4 is 34.0 Å². The summed E-state index contributed by atoms with van der Waals surface area (Å²) in [4.78, 5) is 33.0. The number of hydrogen-bond acceptors (Lipinski definition) is 4. The van der Waals surface area contributed by atoms with Crippen molar-refractivity contribution < 1.29 is 9.59 Å². The molecule has 0 radical (unpaired) electrons. The lowest BCUT2D eigenvalue weighted by Gasteiger charge is -2.23. The molecule has 0 bridgehead atoms. The number of rotatable bonds is 4. The molecule has 0 spiro atoms. The molecule has 158 valence electrons. The van der Waals surface area contributed by atoms with Crippen LogP contribution in [0.1, 0.15) is 45.6 Å². The Labute approximate surface area is 186 Å². The van der Waals surface area contributed by atoms with Crippen molar-refractivity contribution in [3.05, 3.63) is 64.0 Å². The van der Waals surface area contributed by atoms with Crippen LogP contribution in [0.5, 0.6) is 0 Å². The number of fused-ring (bicyclic) bond motifs is 1. The van der Waals surface area contributed by atoms with E-state index in [0.717, 1.165) is 64.2 Å². The first-order valence-corrected chi connectivity index (χ1v) is 11.6. The van der Waals surface area contributed by atoms with E-state index in [-0.39, 0.29) is 17.7 Å². The van der Waals surface area contributed by atoms with Crippen LogP contribution in [0.25, 0.3) is 11.3 Å². The van der Waals surface area contributed by atoms with E-state index < -0.39 is 0 Å². The monoisotopic (exact) mass is 431 g/mol. The van der Waals surface area contributed by atoms with Crippen LogP contribution < -0.4 is 10.2 Å². The molecule has 1 aromatic heterocycles. The first kappa shape index (κ1) is 19.9. The summed E-state index contributed by atoms with van der Waals surface area (Å²) in [5.74, 6) is 0.283. The Bertz CT molecular complexity index is 1180. The molecule has 1 fully saturated rings. The van der Waals surface area contributed by atoms with Gasteiger partial charge in [-0.3, -0.25) is 9.59 Å². The van der Waals surface area contributed by atoms with Crippen LogP contribution in [0.4, 0.5) is 10.8 Å². The Kier molecular flexibility index (Phi) is 5.10. The molecule has 1 saturated carbocycles. The first-order valence-electron chi connectivity index (χ1n) is 10.8. The molecule has 5 rings (SSSR count). The average Bonchev–Trinajstić information content (AvgIpc) is 3.29. The van der Waals surface area contributed by atoms with Crippen molar-refractivity contribution in [1.29, 1.82) is 0 Å². The van der Waals surface area contributed by atoms with E-state index in [0.29, 0.717) is 11.7 Å². The van der Waals surface area contributed by atoms with Gasteiger partial charge in [-0.1, -0.05) is 30.7 Å². The minimum atomic E-state index is 0.0513. The fourth-order valence-corrected chi connectivity index (χ4v) is 5.15.